The molecule has 4 bridgehead atoms. The second-order valence-corrected chi connectivity index (χ2v) is 8.99. The average Bonchev–Trinajstić information content (AvgIpc) is 2.62. The molecule has 140 valence electrons. The van der Waals surface area contributed by atoms with Gasteiger partial charge in [-0.3, -0.25) is 9.59 Å². The highest BCUT2D eigenvalue weighted by molar-refractivity contribution is 5.86. The molecule has 2 N–H and O–H groups in total. The van der Waals surface area contributed by atoms with Crippen molar-refractivity contribution in [1.82, 2.24) is 5.32 Å². The lowest BCUT2D eigenvalue weighted by Crippen LogP contribution is -2.56. The lowest BCUT2D eigenvalue weighted by atomic mass is 9.49. The van der Waals surface area contributed by atoms with Crippen molar-refractivity contribution >= 4 is 11.9 Å². The van der Waals surface area contributed by atoms with Crippen LogP contribution in [0.15, 0.2) is 30.3 Å². The molecule has 1 atom stereocenters. The third kappa shape index (κ3) is 2.74. The SMILES string of the molecule is CCC(CNC(=O)C12CC3CC(CC(C3)C1)C2)(C(=O)O)c1ccccc1. The van der Waals surface area contributed by atoms with Crippen LogP contribution in [0.2, 0.25) is 0 Å². The Morgan fingerprint density at radius 2 is 1.62 bits per heavy atom. The van der Waals surface area contributed by atoms with E-state index in [-0.39, 0.29) is 17.9 Å². The molecule has 4 heteroatoms. The number of nitrogens with one attached hydrogen (secondary N) is 1. The number of carbonyl (C=O) groups is 2. The fourth-order valence-electron chi connectivity index (χ4n) is 6.35. The highest BCUT2D eigenvalue weighted by Crippen LogP contribution is 2.60. The zero-order chi connectivity index (χ0) is 18.4. The number of carboxylic acid groups (broad SMARTS) is 1. The van der Waals surface area contributed by atoms with E-state index in [9.17, 15) is 14.7 Å². The molecule has 4 nitrogen and oxygen atoms in total. The molecule has 1 amide bonds. The summed E-state index contributed by atoms with van der Waals surface area (Å²) in [5.41, 5.74) is -0.524. The summed E-state index contributed by atoms with van der Waals surface area (Å²) in [4.78, 5) is 25.4. The largest absolute Gasteiger partial charge is 0.481 e. The van der Waals surface area contributed by atoms with E-state index in [1.165, 1.54) is 19.3 Å². The molecular weight excluding hydrogens is 326 g/mol. The quantitative estimate of drug-likeness (QED) is 0.817. The maximum Gasteiger partial charge on any atom is 0.315 e. The third-order valence-electron chi connectivity index (χ3n) is 7.41. The maximum atomic E-state index is 13.2. The summed E-state index contributed by atoms with van der Waals surface area (Å²) < 4.78 is 0. The smallest absolute Gasteiger partial charge is 0.315 e. The van der Waals surface area contributed by atoms with Gasteiger partial charge in [0.05, 0.1) is 0 Å². The van der Waals surface area contributed by atoms with Crippen molar-refractivity contribution in [3.8, 4) is 0 Å². The molecule has 1 aromatic carbocycles. The zero-order valence-corrected chi connectivity index (χ0v) is 15.5. The van der Waals surface area contributed by atoms with Gasteiger partial charge in [-0.2, -0.15) is 0 Å². The molecule has 5 rings (SSSR count). The molecule has 1 aromatic rings. The van der Waals surface area contributed by atoms with Crippen LogP contribution >= 0.6 is 0 Å². The normalized spacial score (nSPS) is 34.3. The van der Waals surface area contributed by atoms with Crippen LogP contribution < -0.4 is 5.32 Å². The van der Waals surface area contributed by atoms with Gasteiger partial charge in [-0.25, -0.2) is 0 Å². The van der Waals surface area contributed by atoms with E-state index in [4.69, 9.17) is 0 Å². The summed E-state index contributed by atoms with van der Waals surface area (Å²) in [6, 6.07) is 9.33. The first-order valence-corrected chi connectivity index (χ1v) is 10.0. The number of carboxylic acids is 1. The van der Waals surface area contributed by atoms with Gasteiger partial charge >= 0.3 is 5.97 Å². The average molecular weight is 355 g/mol. The van der Waals surface area contributed by atoms with Crippen molar-refractivity contribution in [2.75, 3.05) is 6.54 Å². The fourth-order valence-corrected chi connectivity index (χ4v) is 6.35. The second-order valence-electron chi connectivity index (χ2n) is 8.99. The van der Waals surface area contributed by atoms with Crippen molar-refractivity contribution in [1.29, 1.82) is 0 Å². The first-order chi connectivity index (χ1) is 12.5. The van der Waals surface area contributed by atoms with Gasteiger partial charge in [0.15, 0.2) is 0 Å². The predicted molar refractivity (Wildman–Crippen MR) is 99.7 cm³/mol. The molecule has 4 aliphatic carbocycles. The van der Waals surface area contributed by atoms with Gasteiger partial charge in [0.25, 0.3) is 0 Å². The highest BCUT2D eigenvalue weighted by Gasteiger charge is 2.55. The van der Waals surface area contributed by atoms with Crippen LogP contribution in [0.4, 0.5) is 0 Å². The molecule has 1 unspecified atom stereocenters. The van der Waals surface area contributed by atoms with E-state index in [0.29, 0.717) is 24.2 Å². The summed E-state index contributed by atoms with van der Waals surface area (Å²) >= 11 is 0. The third-order valence-corrected chi connectivity index (χ3v) is 7.41. The molecule has 4 saturated carbocycles. The molecule has 4 fully saturated rings. The van der Waals surface area contributed by atoms with Crippen LogP contribution in [0.3, 0.4) is 0 Å². The minimum Gasteiger partial charge on any atom is -0.481 e. The van der Waals surface area contributed by atoms with E-state index in [2.05, 4.69) is 5.32 Å². The minimum atomic E-state index is -1.06. The molecule has 4 aliphatic rings. The van der Waals surface area contributed by atoms with Crippen LogP contribution in [0.5, 0.6) is 0 Å². The van der Waals surface area contributed by atoms with E-state index < -0.39 is 11.4 Å². The van der Waals surface area contributed by atoms with Crippen LogP contribution in [0, 0.1) is 23.2 Å². The summed E-state index contributed by atoms with van der Waals surface area (Å²) in [5, 5.41) is 13.1. The molecule has 0 spiro atoms. The molecular formula is C22H29NO3. The van der Waals surface area contributed by atoms with Gasteiger partial charge in [-0.15, -0.1) is 0 Å². The van der Waals surface area contributed by atoms with Crippen LogP contribution in [-0.2, 0) is 15.0 Å². The molecule has 0 aliphatic heterocycles. The molecule has 0 heterocycles. The second kappa shape index (κ2) is 6.40. The Kier molecular flexibility index (Phi) is 4.32. The Morgan fingerprint density at radius 1 is 1.08 bits per heavy atom. The number of rotatable bonds is 6. The van der Waals surface area contributed by atoms with Gasteiger partial charge < -0.3 is 10.4 Å². The number of hydrogen-bond donors (Lipinski definition) is 2. The van der Waals surface area contributed by atoms with Crippen molar-refractivity contribution in [2.45, 2.75) is 57.3 Å². The zero-order valence-electron chi connectivity index (χ0n) is 15.5. The van der Waals surface area contributed by atoms with Crippen molar-refractivity contribution in [3.05, 3.63) is 35.9 Å². The van der Waals surface area contributed by atoms with Crippen LogP contribution in [0.25, 0.3) is 0 Å². The Bertz CT molecular complexity index is 663. The van der Waals surface area contributed by atoms with E-state index in [1.807, 2.05) is 37.3 Å². The highest BCUT2D eigenvalue weighted by atomic mass is 16.4. The number of benzene rings is 1. The number of hydrogen-bond acceptors (Lipinski definition) is 2. The first-order valence-electron chi connectivity index (χ1n) is 10.0. The van der Waals surface area contributed by atoms with Gasteiger partial charge in [0, 0.05) is 12.0 Å². The van der Waals surface area contributed by atoms with Gasteiger partial charge in [0.2, 0.25) is 5.91 Å². The molecule has 0 saturated heterocycles. The molecule has 0 aromatic heterocycles. The summed E-state index contributed by atoms with van der Waals surface area (Å²) in [6.07, 6.45) is 7.35. The first kappa shape index (κ1) is 17.6. The fraction of sp³-hybridized carbons (Fsp3) is 0.636. The van der Waals surface area contributed by atoms with E-state index in [0.717, 1.165) is 24.8 Å². The topological polar surface area (TPSA) is 66.4 Å². The minimum absolute atomic E-state index is 0.103. The maximum absolute atomic E-state index is 13.2. The Hall–Kier alpha value is -1.84. The Labute approximate surface area is 155 Å². The lowest BCUT2D eigenvalue weighted by Gasteiger charge is -2.55. The number of aliphatic carboxylic acids is 1. The molecule has 26 heavy (non-hydrogen) atoms. The number of carbonyl (C=O) groups excluding carboxylic acids is 1. The Balaban J connectivity index is 1.53. The summed E-state index contributed by atoms with van der Waals surface area (Å²) in [6.45, 7) is 2.06. The van der Waals surface area contributed by atoms with Crippen LogP contribution in [-0.4, -0.2) is 23.5 Å². The van der Waals surface area contributed by atoms with E-state index >= 15 is 0 Å². The Morgan fingerprint density at radius 3 is 2.08 bits per heavy atom. The van der Waals surface area contributed by atoms with Crippen molar-refractivity contribution in [3.63, 3.8) is 0 Å². The monoisotopic (exact) mass is 355 g/mol. The van der Waals surface area contributed by atoms with Crippen molar-refractivity contribution < 1.29 is 14.7 Å². The predicted octanol–water partition coefficient (Wildman–Crippen LogP) is 3.75. The summed E-state index contributed by atoms with van der Waals surface area (Å²) in [7, 11) is 0. The van der Waals surface area contributed by atoms with Crippen molar-refractivity contribution in [2.24, 2.45) is 23.2 Å². The standard InChI is InChI=1S/C22H29NO3/c1-2-22(20(25)26,18-6-4-3-5-7-18)14-23-19(24)21-11-15-8-16(12-21)10-17(9-15)13-21/h3-7,15-17H,2,8-14H2,1H3,(H,23,24)(H,25,26). The van der Waals surface area contributed by atoms with Gasteiger partial charge in [-0.1, -0.05) is 37.3 Å². The van der Waals surface area contributed by atoms with Crippen LogP contribution in [0.1, 0.15) is 57.4 Å². The van der Waals surface area contributed by atoms with E-state index in [1.54, 1.807) is 0 Å². The number of amides is 1. The van der Waals surface area contributed by atoms with Gasteiger partial charge in [0.1, 0.15) is 5.41 Å². The molecule has 0 radical (unpaired) electrons. The summed E-state index contributed by atoms with van der Waals surface area (Å²) in [5.74, 6) is 1.35. The van der Waals surface area contributed by atoms with Gasteiger partial charge in [-0.05, 0) is 68.3 Å². The lowest BCUT2D eigenvalue weighted by molar-refractivity contribution is -0.148.